The average molecular weight is 373 g/mol. The van der Waals surface area contributed by atoms with Crippen LogP contribution in [0.4, 0.5) is 4.79 Å². The summed E-state index contributed by atoms with van der Waals surface area (Å²) in [5, 5.41) is 3.54. The molecule has 7 nitrogen and oxygen atoms in total. The van der Waals surface area contributed by atoms with E-state index in [4.69, 9.17) is 4.74 Å². The minimum absolute atomic E-state index is 0.0362. The van der Waals surface area contributed by atoms with E-state index < -0.39 is 17.5 Å². The van der Waals surface area contributed by atoms with Crippen molar-refractivity contribution in [1.82, 2.24) is 15.8 Å². The van der Waals surface area contributed by atoms with Crippen LogP contribution in [0.3, 0.4) is 0 Å². The molecular formula is C20H27N3O4. The number of nitrogens with zero attached hydrogens (tertiary/aromatic N) is 1. The summed E-state index contributed by atoms with van der Waals surface area (Å²) >= 11 is 0. The zero-order valence-corrected chi connectivity index (χ0v) is 16.1. The third kappa shape index (κ3) is 4.07. The number of nitrogens with one attached hydrogen (secondary N) is 2. The van der Waals surface area contributed by atoms with Gasteiger partial charge in [0.15, 0.2) is 6.61 Å². The first-order chi connectivity index (χ1) is 12.7. The van der Waals surface area contributed by atoms with Gasteiger partial charge in [0.1, 0.15) is 11.3 Å². The number of amides is 4. The summed E-state index contributed by atoms with van der Waals surface area (Å²) in [6.07, 6.45) is 4.06. The molecule has 0 radical (unpaired) electrons. The molecule has 1 spiro atoms. The number of hydrogen-bond acceptors (Lipinski definition) is 4. The molecule has 2 fully saturated rings. The van der Waals surface area contributed by atoms with E-state index in [0.717, 1.165) is 29.8 Å². The second-order valence-electron chi connectivity index (χ2n) is 8.31. The van der Waals surface area contributed by atoms with Crippen LogP contribution in [0.15, 0.2) is 24.3 Å². The van der Waals surface area contributed by atoms with Crippen LogP contribution in [0.1, 0.15) is 58.4 Å². The number of benzene rings is 1. The predicted octanol–water partition coefficient (Wildman–Crippen LogP) is 2.65. The van der Waals surface area contributed by atoms with Crippen molar-refractivity contribution in [2.45, 2.75) is 63.8 Å². The maximum absolute atomic E-state index is 12.6. The molecule has 1 aromatic carbocycles. The van der Waals surface area contributed by atoms with Crippen LogP contribution in [0, 0.1) is 0 Å². The summed E-state index contributed by atoms with van der Waals surface area (Å²) in [5.74, 6) is -0.375. The van der Waals surface area contributed by atoms with Crippen LogP contribution in [-0.2, 0) is 15.0 Å². The zero-order valence-electron chi connectivity index (χ0n) is 16.1. The molecule has 1 heterocycles. The van der Waals surface area contributed by atoms with Crippen LogP contribution in [0.25, 0.3) is 0 Å². The normalized spacial score (nSPS) is 19.1. The quantitative estimate of drug-likeness (QED) is 0.794. The Morgan fingerprint density at radius 1 is 1.15 bits per heavy atom. The predicted molar refractivity (Wildman–Crippen MR) is 100.0 cm³/mol. The number of carbonyl (C=O) groups excluding carboxylic acids is 3. The maximum Gasteiger partial charge on any atom is 0.344 e. The molecule has 1 aromatic rings. The molecule has 0 unspecified atom stereocenters. The fourth-order valence-corrected chi connectivity index (χ4v) is 3.57. The van der Waals surface area contributed by atoms with Gasteiger partial charge in [-0.1, -0.05) is 52.2 Å². The lowest BCUT2D eigenvalue weighted by Crippen LogP contribution is -2.51. The summed E-state index contributed by atoms with van der Waals surface area (Å²) in [5.41, 5.74) is 2.71. The first-order valence-corrected chi connectivity index (χ1v) is 9.41. The molecule has 4 amide bonds. The van der Waals surface area contributed by atoms with Gasteiger partial charge in [-0.15, -0.1) is 0 Å². The SMILES string of the molecule is CC(C)(C)c1ccc(OCC(=O)NN2C(=O)NC3(CCCCC3)C2=O)cc1. The van der Waals surface area contributed by atoms with Gasteiger partial charge in [-0.25, -0.2) is 4.79 Å². The molecule has 1 saturated carbocycles. The van der Waals surface area contributed by atoms with Gasteiger partial charge in [0.2, 0.25) is 0 Å². The van der Waals surface area contributed by atoms with E-state index in [1.54, 1.807) is 12.1 Å². The van der Waals surface area contributed by atoms with Crippen LogP contribution in [0.5, 0.6) is 5.75 Å². The molecule has 1 aliphatic carbocycles. The molecule has 27 heavy (non-hydrogen) atoms. The van der Waals surface area contributed by atoms with Gasteiger partial charge in [-0.2, -0.15) is 5.01 Å². The Labute approximate surface area is 159 Å². The summed E-state index contributed by atoms with van der Waals surface area (Å²) in [6, 6.07) is 6.94. The number of imide groups is 1. The minimum Gasteiger partial charge on any atom is -0.484 e. The largest absolute Gasteiger partial charge is 0.484 e. The van der Waals surface area contributed by atoms with E-state index in [-0.39, 0.29) is 17.9 Å². The lowest BCUT2D eigenvalue weighted by molar-refractivity contribution is -0.140. The molecule has 1 saturated heterocycles. The Kier molecular flexibility index (Phi) is 5.13. The van der Waals surface area contributed by atoms with Gasteiger partial charge in [-0.3, -0.25) is 15.0 Å². The molecule has 1 aliphatic heterocycles. The van der Waals surface area contributed by atoms with Crippen molar-refractivity contribution in [1.29, 1.82) is 0 Å². The third-order valence-corrected chi connectivity index (χ3v) is 5.20. The van der Waals surface area contributed by atoms with Crippen molar-refractivity contribution in [3.05, 3.63) is 29.8 Å². The van der Waals surface area contributed by atoms with Crippen molar-refractivity contribution in [2.24, 2.45) is 0 Å². The van der Waals surface area contributed by atoms with Crippen molar-refractivity contribution < 1.29 is 19.1 Å². The van der Waals surface area contributed by atoms with Gasteiger partial charge < -0.3 is 10.1 Å². The zero-order chi connectivity index (χ0) is 19.7. The maximum atomic E-state index is 12.6. The lowest BCUT2D eigenvalue weighted by Gasteiger charge is -2.30. The Morgan fingerprint density at radius 2 is 1.78 bits per heavy atom. The summed E-state index contributed by atoms with van der Waals surface area (Å²) in [7, 11) is 0. The van der Waals surface area contributed by atoms with Crippen molar-refractivity contribution in [2.75, 3.05) is 6.61 Å². The lowest BCUT2D eigenvalue weighted by atomic mass is 9.82. The third-order valence-electron chi connectivity index (χ3n) is 5.20. The van der Waals surface area contributed by atoms with E-state index >= 15 is 0 Å². The van der Waals surface area contributed by atoms with E-state index in [0.29, 0.717) is 18.6 Å². The fraction of sp³-hybridized carbons (Fsp3) is 0.550. The van der Waals surface area contributed by atoms with Gasteiger partial charge >= 0.3 is 6.03 Å². The van der Waals surface area contributed by atoms with Crippen LogP contribution >= 0.6 is 0 Å². The Hall–Kier alpha value is -2.57. The van der Waals surface area contributed by atoms with Crippen molar-refractivity contribution >= 4 is 17.8 Å². The van der Waals surface area contributed by atoms with E-state index in [1.165, 1.54) is 0 Å². The van der Waals surface area contributed by atoms with Gasteiger partial charge in [0, 0.05) is 0 Å². The Bertz CT molecular complexity index is 731. The first kappa shape index (κ1) is 19.2. The average Bonchev–Trinajstić information content (AvgIpc) is 2.84. The number of rotatable bonds is 4. The first-order valence-electron chi connectivity index (χ1n) is 9.41. The van der Waals surface area contributed by atoms with Gasteiger partial charge in [-0.05, 0) is 36.0 Å². The second-order valence-corrected chi connectivity index (χ2v) is 8.31. The summed E-state index contributed by atoms with van der Waals surface area (Å²) in [6.45, 7) is 6.08. The molecule has 0 aromatic heterocycles. The highest BCUT2D eigenvalue weighted by molar-refractivity contribution is 6.08. The van der Waals surface area contributed by atoms with E-state index in [9.17, 15) is 14.4 Å². The van der Waals surface area contributed by atoms with E-state index in [1.807, 2.05) is 12.1 Å². The highest BCUT2D eigenvalue weighted by Gasteiger charge is 2.52. The molecule has 7 heteroatoms. The topological polar surface area (TPSA) is 87.7 Å². The Balaban J connectivity index is 1.55. The molecule has 146 valence electrons. The van der Waals surface area contributed by atoms with Crippen molar-refractivity contribution in [3.8, 4) is 5.75 Å². The van der Waals surface area contributed by atoms with E-state index in [2.05, 4.69) is 31.5 Å². The van der Waals surface area contributed by atoms with Gasteiger partial charge in [0.05, 0.1) is 0 Å². The Morgan fingerprint density at radius 3 is 2.37 bits per heavy atom. The molecule has 2 aliphatic rings. The van der Waals surface area contributed by atoms with Gasteiger partial charge in [0.25, 0.3) is 11.8 Å². The highest BCUT2D eigenvalue weighted by atomic mass is 16.5. The number of ether oxygens (including phenoxy) is 1. The fourth-order valence-electron chi connectivity index (χ4n) is 3.57. The molecular weight excluding hydrogens is 346 g/mol. The highest BCUT2D eigenvalue weighted by Crippen LogP contribution is 2.33. The molecule has 3 rings (SSSR count). The number of urea groups is 1. The number of hydrogen-bond donors (Lipinski definition) is 2. The number of carbonyl (C=O) groups is 3. The minimum atomic E-state index is -0.855. The molecule has 0 bridgehead atoms. The van der Waals surface area contributed by atoms with Crippen LogP contribution in [0.2, 0.25) is 0 Å². The molecule has 0 atom stereocenters. The number of hydrazine groups is 1. The summed E-state index contributed by atoms with van der Waals surface area (Å²) < 4.78 is 5.47. The monoisotopic (exact) mass is 373 g/mol. The smallest absolute Gasteiger partial charge is 0.344 e. The summed E-state index contributed by atoms with van der Waals surface area (Å²) in [4.78, 5) is 36.9. The standard InChI is InChI=1S/C20H27N3O4/c1-19(2,3)14-7-9-15(10-8-14)27-13-16(24)22-23-17(25)20(21-18(23)26)11-5-4-6-12-20/h7-10H,4-6,11-13H2,1-3H3,(H,21,26)(H,22,24). The van der Waals surface area contributed by atoms with Crippen molar-refractivity contribution in [3.63, 3.8) is 0 Å². The molecule has 2 N–H and O–H groups in total. The van der Waals surface area contributed by atoms with Crippen LogP contribution < -0.4 is 15.5 Å². The van der Waals surface area contributed by atoms with Crippen LogP contribution in [-0.4, -0.2) is 35.0 Å². The second kappa shape index (κ2) is 7.21.